The molecule has 19 heavy (non-hydrogen) atoms. The Hall–Kier alpha value is -2.39. The van der Waals surface area contributed by atoms with Gasteiger partial charge in [-0.25, -0.2) is 4.98 Å². The number of thiazole rings is 1. The summed E-state index contributed by atoms with van der Waals surface area (Å²) in [5.74, 6) is 0.0877. The highest BCUT2D eigenvalue weighted by atomic mass is 32.1. The van der Waals surface area contributed by atoms with Crippen LogP contribution in [0.4, 0.5) is 5.69 Å². The van der Waals surface area contributed by atoms with E-state index in [-0.39, 0.29) is 5.91 Å². The lowest BCUT2D eigenvalue weighted by atomic mass is 10.1. The molecule has 96 valence electrons. The van der Waals surface area contributed by atoms with Gasteiger partial charge in [0.15, 0.2) is 0 Å². The molecule has 0 bridgehead atoms. The number of anilines is 1. The number of hydrogen-bond acceptors (Lipinski definition) is 5. The molecule has 2 aromatic rings. The summed E-state index contributed by atoms with van der Waals surface area (Å²) in [4.78, 5) is 16.1. The number of nitrogens with zero attached hydrogens (tertiary/aromatic N) is 2. The topological polar surface area (TPSA) is 75.0 Å². The molecule has 5 nitrogen and oxygen atoms in total. The van der Waals surface area contributed by atoms with Gasteiger partial charge >= 0.3 is 0 Å². The van der Waals surface area contributed by atoms with E-state index in [0.29, 0.717) is 22.7 Å². The van der Waals surface area contributed by atoms with Crippen molar-refractivity contribution >= 4 is 22.9 Å². The molecule has 0 saturated carbocycles. The summed E-state index contributed by atoms with van der Waals surface area (Å²) in [5.41, 5.74) is 1.04. The Kier molecular flexibility index (Phi) is 3.78. The van der Waals surface area contributed by atoms with Gasteiger partial charge in [0.25, 0.3) is 5.91 Å². The number of carbonyl (C=O) groups is 1. The third-order valence-electron chi connectivity index (χ3n) is 2.46. The van der Waals surface area contributed by atoms with Crippen LogP contribution in [-0.2, 0) is 0 Å². The molecule has 0 saturated heterocycles. The van der Waals surface area contributed by atoms with Gasteiger partial charge in [-0.05, 0) is 19.1 Å². The highest BCUT2D eigenvalue weighted by Crippen LogP contribution is 2.28. The minimum atomic E-state index is -0.356. The van der Waals surface area contributed by atoms with Crippen molar-refractivity contribution in [1.82, 2.24) is 4.98 Å². The van der Waals surface area contributed by atoms with Crippen molar-refractivity contribution in [3.8, 4) is 11.8 Å². The number of nitriles is 1. The van der Waals surface area contributed by atoms with Crippen LogP contribution in [0.2, 0.25) is 0 Å². The number of nitrogens with one attached hydrogen (secondary N) is 1. The number of amides is 1. The SMILES string of the molecule is COc1cccc(C#N)c1NC(=O)c1csc(C)n1. The number of rotatable bonds is 3. The maximum Gasteiger partial charge on any atom is 0.275 e. The van der Waals surface area contributed by atoms with Gasteiger partial charge in [-0.1, -0.05) is 6.07 Å². The van der Waals surface area contributed by atoms with Crippen molar-refractivity contribution in [3.05, 3.63) is 39.8 Å². The quantitative estimate of drug-likeness (QED) is 0.932. The molecule has 0 atom stereocenters. The van der Waals surface area contributed by atoms with Gasteiger partial charge in [0.05, 0.1) is 17.7 Å². The van der Waals surface area contributed by atoms with Gasteiger partial charge in [-0.3, -0.25) is 4.79 Å². The van der Waals surface area contributed by atoms with Crippen LogP contribution in [0.3, 0.4) is 0 Å². The summed E-state index contributed by atoms with van der Waals surface area (Å²) in [6.45, 7) is 1.82. The number of ether oxygens (including phenoxy) is 1. The lowest BCUT2D eigenvalue weighted by molar-refractivity contribution is 0.102. The molecule has 0 unspecified atom stereocenters. The second-order valence-corrected chi connectivity index (χ2v) is 4.76. The summed E-state index contributed by atoms with van der Waals surface area (Å²) in [5, 5.41) is 14.2. The Bertz CT molecular complexity index is 658. The van der Waals surface area contributed by atoms with Gasteiger partial charge in [0, 0.05) is 5.38 Å². The molecule has 0 aliphatic carbocycles. The summed E-state index contributed by atoms with van der Waals surface area (Å²) < 4.78 is 5.15. The largest absolute Gasteiger partial charge is 0.495 e. The summed E-state index contributed by atoms with van der Waals surface area (Å²) >= 11 is 1.39. The van der Waals surface area contributed by atoms with Crippen molar-refractivity contribution in [2.45, 2.75) is 6.92 Å². The first kappa shape index (κ1) is 13.1. The van der Waals surface area contributed by atoms with Gasteiger partial charge in [-0.2, -0.15) is 5.26 Å². The number of para-hydroxylation sites is 1. The van der Waals surface area contributed by atoms with E-state index in [1.807, 2.05) is 13.0 Å². The fraction of sp³-hybridized carbons (Fsp3) is 0.154. The van der Waals surface area contributed by atoms with Crippen molar-refractivity contribution in [3.63, 3.8) is 0 Å². The van der Waals surface area contributed by atoms with E-state index in [1.54, 1.807) is 23.6 Å². The summed E-state index contributed by atoms with van der Waals surface area (Å²) in [6, 6.07) is 7.01. The van der Waals surface area contributed by atoms with Gasteiger partial charge < -0.3 is 10.1 Å². The number of benzene rings is 1. The highest BCUT2D eigenvalue weighted by molar-refractivity contribution is 7.09. The van der Waals surface area contributed by atoms with E-state index in [4.69, 9.17) is 10.00 Å². The van der Waals surface area contributed by atoms with Crippen LogP contribution < -0.4 is 10.1 Å². The van der Waals surface area contributed by atoms with E-state index in [9.17, 15) is 4.79 Å². The Morgan fingerprint density at radius 2 is 2.32 bits per heavy atom. The predicted molar refractivity (Wildman–Crippen MR) is 72.5 cm³/mol. The third-order valence-corrected chi connectivity index (χ3v) is 3.23. The standard InChI is InChI=1S/C13H11N3O2S/c1-8-15-10(7-19-8)13(17)16-12-9(6-14)4-3-5-11(12)18-2/h3-5,7H,1-2H3,(H,16,17). The second kappa shape index (κ2) is 5.50. The number of hydrogen-bond donors (Lipinski definition) is 1. The number of carbonyl (C=O) groups excluding carboxylic acids is 1. The van der Waals surface area contributed by atoms with Crippen LogP contribution in [0.1, 0.15) is 21.1 Å². The molecule has 0 aliphatic heterocycles. The maximum atomic E-state index is 12.0. The van der Waals surface area contributed by atoms with Gasteiger partial charge in [-0.15, -0.1) is 11.3 Å². The van der Waals surface area contributed by atoms with E-state index in [1.165, 1.54) is 18.4 Å². The molecule has 0 spiro atoms. The molecule has 6 heteroatoms. The van der Waals surface area contributed by atoms with E-state index in [2.05, 4.69) is 10.3 Å². The molecular weight excluding hydrogens is 262 g/mol. The fourth-order valence-corrected chi connectivity index (χ4v) is 2.16. The minimum Gasteiger partial charge on any atom is -0.495 e. The highest BCUT2D eigenvalue weighted by Gasteiger charge is 2.15. The van der Waals surface area contributed by atoms with Crippen LogP contribution >= 0.6 is 11.3 Å². The predicted octanol–water partition coefficient (Wildman–Crippen LogP) is 2.58. The maximum absolute atomic E-state index is 12.0. The van der Waals surface area contributed by atoms with Crippen LogP contribution in [0, 0.1) is 18.3 Å². The first-order chi connectivity index (χ1) is 9.15. The Labute approximate surface area is 114 Å². The van der Waals surface area contributed by atoms with Crippen LogP contribution in [0.5, 0.6) is 5.75 Å². The zero-order chi connectivity index (χ0) is 13.8. The van der Waals surface area contributed by atoms with Gasteiger partial charge in [0.1, 0.15) is 23.2 Å². The zero-order valence-corrected chi connectivity index (χ0v) is 11.2. The lowest BCUT2D eigenvalue weighted by Gasteiger charge is -2.10. The van der Waals surface area contributed by atoms with Crippen molar-refractivity contribution < 1.29 is 9.53 Å². The monoisotopic (exact) mass is 273 g/mol. The average molecular weight is 273 g/mol. The third kappa shape index (κ3) is 2.72. The number of methoxy groups -OCH3 is 1. The van der Waals surface area contributed by atoms with Gasteiger partial charge in [0.2, 0.25) is 0 Å². The van der Waals surface area contributed by atoms with E-state index < -0.39 is 0 Å². The minimum absolute atomic E-state index is 0.331. The number of aryl methyl sites for hydroxylation is 1. The molecule has 1 aromatic heterocycles. The summed E-state index contributed by atoms with van der Waals surface area (Å²) in [6.07, 6.45) is 0. The second-order valence-electron chi connectivity index (χ2n) is 3.70. The molecule has 1 N–H and O–H groups in total. The van der Waals surface area contributed by atoms with Crippen LogP contribution in [0.15, 0.2) is 23.6 Å². The molecule has 0 aliphatic rings. The van der Waals surface area contributed by atoms with Crippen LogP contribution in [0.25, 0.3) is 0 Å². The van der Waals surface area contributed by atoms with E-state index >= 15 is 0 Å². The Morgan fingerprint density at radius 3 is 2.89 bits per heavy atom. The Balaban J connectivity index is 2.33. The average Bonchev–Trinajstić information content (AvgIpc) is 2.85. The molecule has 2 rings (SSSR count). The van der Waals surface area contributed by atoms with Crippen LogP contribution in [-0.4, -0.2) is 18.0 Å². The smallest absolute Gasteiger partial charge is 0.275 e. The number of aromatic nitrogens is 1. The molecule has 0 fully saturated rings. The first-order valence-corrected chi connectivity index (χ1v) is 6.34. The lowest BCUT2D eigenvalue weighted by Crippen LogP contribution is -2.14. The molecule has 1 amide bonds. The fourth-order valence-electron chi connectivity index (χ4n) is 1.57. The molecule has 0 radical (unpaired) electrons. The van der Waals surface area contributed by atoms with Crippen molar-refractivity contribution in [2.75, 3.05) is 12.4 Å². The molecule has 1 aromatic carbocycles. The van der Waals surface area contributed by atoms with Crippen molar-refractivity contribution in [1.29, 1.82) is 5.26 Å². The molecular formula is C13H11N3O2S. The van der Waals surface area contributed by atoms with E-state index in [0.717, 1.165) is 5.01 Å². The van der Waals surface area contributed by atoms with Crippen molar-refractivity contribution in [2.24, 2.45) is 0 Å². The first-order valence-electron chi connectivity index (χ1n) is 5.46. The zero-order valence-electron chi connectivity index (χ0n) is 10.4. The summed E-state index contributed by atoms with van der Waals surface area (Å²) in [7, 11) is 1.49. The Morgan fingerprint density at radius 1 is 1.53 bits per heavy atom. The normalized spacial score (nSPS) is 9.74. The molecule has 1 heterocycles.